The highest BCUT2D eigenvalue weighted by Gasteiger charge is 2.13. The van der Waals surface area contributed by atoms with E-state index in [0.717, 1.165) is 6.08 Å². The van der Waals surface area contributed by atoms with Crippen LogP contribution in [0.1, 0.15) is 5.56 Å². The smallest absolute Gasteiger partial charge is 0.404 e. The minimum absolute atomic E-state index is 0.0332. The average molecular weight is 314 g/mol. The molecule has 0 aromatic heterocycles. The Balaban J connectivity index is 2.76. The molecular formula is C12H14N2O6S. The molecule has 4 N–H and O–H groups in total. The second-order valence-electron chi connectivity index (χ2n) is 3.81. The first-order valence-corrected chi connectivity index (χ1v) is 7.22. The molecule has 1 rings (SSSR count). The molecule has 1 aromatic rings. The third kappa shape index (κ3) is 6.06. The maximum Gasteiger partial charge on any atom is 0.404 e. The van der Waals surface area contributed by atoms with Crippen molar-refractivity contribution in [1.29, 1.82) is 0 Å². The zero-order valence-electron chi connectivity index (χ0n) is 10.9. The molecule has 0 saturated carbocycles. The third-order valence-electron chi connectivity index (χ3n) is 2.23. The van der Waals surface area contributed by atoms with Crippen LogP contribution < -0.4 is 10.5 Å². The lowest BCUT2D eigenvalue weighted by Gasteiger charge is -2.07. The summed E-state index contributed by atoms with van der Waals surface area (Å²) in [4.78, 5) is 20.7. The van der Waals surface area contributed by atoms with Gasteiger partial charge in [-0.25, -0.2) is 22.7 Å². The maximum atomic E-state index is 11.9. The quantitative estimate of drug-likeness (QED) is 0.484. The van der Waals surface area contributed by atoms with Crippen molar-refractivity contribution in [2.24, 2.45) is 5.73 Å². The molecule has 0 radical (unpaired) electrons. The predicted octanol–water partition coefficient (Wildman–Crippen LogP) is 0.158. The molecule has 0 heterocycles. The summed E-state index contributed by atoms with van der Waals surface area (Å²) in [5.74, 6) is -1.13. The summed E-state index contributed by atoms with van der Waals surface area (Å²) in [5.41, 5.74) is 5.16. The van der Waals surface area contributed by atoms with Gasteiger partial charge in [-0.15, -0.1) is 0 Å². The molecule has 1 aromatic carbocycles. The van der Waals surface area contributed by atoms with Gasteiger partial charge >= 0.3 is 12.1 Å². The number of aliphatic carboxylic acids is 1. The van der Waals surface area contributed by atoms with E-state index in [1.165, 1.54) is 24.3 Å². The van der Waals surface area contributed by atoms with Gasteiger partial charge in [-0.2, -0.15) is 0 Å². The van der Waals surface area contributed by atoms with Gasteiger partial charge in [0.25, 0.3) is 0 Å². The maximum absolute atomic E-state index is 11.9. The number of nitrogens with two attached hydrogens (primary N) is 1. The zero-order valence-corrected chi connectivity index (χ0v) is 11.7. The molecule has 0 aliphatic rings. The van der Waals surface area contributed by atoms with Crippen molar-refractivity contribution in [3.8, 4) is 0 Å². The van der Waals surface area contributed by atoms with E-state index in [-0.39, 0.29) is 18.0 Å². The molecule has 0 saturated heterocycles. The highest BCUT2D eigenvalue weighted by molar-refractivity contribution is 7.89. The zero-order chi connectivity index (χ0) is 15.9. The van der Waals surface area contributed by atoms with Gasteiger partial charge in [0.15, 0.2) is 0 Å². The van der Waals surface area contributed by atoms with E-state index in [0.29, 0.717) is 5.56 Å². The fourth-order valence-corrected chi connectivity index (χ4v) is 2.43. The van der Waals surface area contributed by atoms with E-state index in [2.05, 4.69) is 9.46 Å². The molecule has 0 aliphatic carbocycles. The molecular weight excluding hydrogens is 300 g/mol. The molecule has 21 heavy (non-hydrogen) atoms. The largest absolute Gasteiger partial charge is 0.478 e. The summed E-state index contributed by atoms with van der Waals surface area (Å²) < 4.78 is 30.5. The van der Waals surface area contributed by atoms with E-state index in [4.69, 9.17) is 10.8 Å². The number of primary amides is 1. The Morgan fingerprint density at radius 2 is 2.10 bits per heavy atom. The number of hydrogen-bond donors (Lipinski definition) is 3. The van der Waals surface area contributed by atoms with Crippen LogP contribution in [0.5, 0.6) is 0 Å². The van der Waals surface area contributed by atoms with Gasteiger partial charge in [-0.3, -0.25) is 0 Å². The van der Waals surface area contributed by atoms with Crippen molar-refractivity contribution in [1.82, 2.24) is 4.72 Å². The minimum atomic E-state index is -3.78. The van der Waals surface area contributed by atoms with Gasteiger partial charge in [-0.1, -0.05) is 12.1 Å². The first kappa shape index (κ1) is 16.7. The summed E-state index contributed by atoms with van der Waals surface area (Å²) in [6, 6.07) is 5.72. The molecule has 8 nitrogen and oxygen atoms in total. The Morgan fingerprint density at radius 3 is 2.71 bits per heavy atom. The Hall–Kier alpha value is -2.39. The Labute approximate surface area is 121 Å². The highest BCUT2D eigenvalue weighted by Crippen LogP contribution is 2.12. The molecule has 9 heteroatoms. The van der Waals surface area contributed by atoms with Gasteiger partial charge in [0.1, 0.15) is 6.61 Å². The van der Waals surface area contributed by atoms with Gasteiger partial charge in [-0.05, 0) is 23.8 Å². The van der Waals surface area contributed by atoms with E-state index >= 15 is 0 Å². The fourth-order valence-electron chi connectivity index (χ4n) is 1.36. The molecule has 0 atom stereocenters. The molecule has 0 aliphatic heterocycles. The van der Waals surface area contributed by atoms with Crippen molar-refractivity contribution in [3.05, 3.63) is 35.9 Å². The Kier molecular flexibility index (Phi) is 5.88. The molecule has 114 valence electrons. The van der Waals surface area contributed by atoms with Crippen LogP contribution in [0.4, 0.5) is 4.79 Å². The van der Waals surface area contributed by atoms with Crippen LogP contribution in [0, 0.1) is 0 Å². The Bertz CT molecular complexity index is 653. The number of benzene rings is 1. The third-order valence-corrected chi connectivity index (χ3v) is 3.68. The van der Waals surface area contributed by atoms with Crippen LogP contribution in [-0.2, 0) is 19.6 Å². The second kappa shape index (κ2) is 7.41. The number of rotatable bonds is 7. The van der Waals surface area contributed by atoms with Crippen LogP contribution in [-0.4, -0.2) is 38.7 Å². The van der Waals surface area contributed by atoms with Gasteiger partial charge in [0.05, 0.1) is 4.90 Å². The number of ether oxygens (including phenoxy) is 1. The molecule has 0 spiro atoms. The van der Waals surface area contributed by atoms with Crippen LogP contribution >= 0.6 is 0 Å². The number of sulfonamides is 1. The monoisotopic (exact) mass is 314 g/mol. The van der Waals surface area contributed by atoms with Crippen LogP contribution in [0.2, 0.25) is 0 Å². The first-order chi connectivity index (χ1) is 9.81. The van der Waals surface area contributed by atoms with Crippen molar-refractivity contribution in [2.45, 2.75) is 4.90 Å². The fraction of sp³-hybridized carbons (Fsp3) is 0.167. The number of carbonyl (C=O) groups excluding carboxylic acids is 1. The normalized spacial score (nSPS) is 11.4. The summed E-state index contributed by atoms with van der Waals surface area (Å²) in [6.45, 7) is -0.312. The predicted molar refractivity (Wildman–Crippen MR) is 73.8 cm³/mol. The van der Waals surface area contributed by atoms with Crippen molar-refractivity contribution in [3.63, 3.8) is 0 Å². The van der Waals surface area contributed by atoms with Crippen LogP contribution in [0.15, 0.2) is 35.2 Å². The summed E-state index contributed by atoms with van der Waals surface area (Å²) in [7, 11) is -3.78. The van der Waals surface area contributed by atoms with E-state index in [1.807, 2.05) is 0 Å². The lowest BCUT2D eigenvalue weighted by Crippen LogP contribution is -2.29. The number of nitrogens with one attached hydrogen (secondary N) is 1. The lowest BCUT2D eigenvalue weighted by molar-refractivity contribution is -0.131. The highest BCUT2D eigenvalue weighted by atomic mass is 32.2. The minimum Gasteiger partial charge on any atom is -0.478 e. The number of amides is 1. The van der Waals surface area contributed by atoms with Gasteiger partial charge in [0.2, 0.25) is 10.0 Å². The summed E-state index contributed by atoms with van der Waals surface area (Å²) in [6.07, 6.45) is 1.19. The van der Waals surface area contributed by atoms with Crippen LogP contribution in [0.25, 0.3) is 6.08 Å². The summed E-state index contributed by atoms with van der Waals surface area (Å²) >= 11 is 0. The summed E-state index contributed by atoms with van der Waals surface area (Å²) in [5, 5.41) is 8.52. The second-order valence-corrected chi connectivity index (χ2v) is 5.58. The van der Waals surface area contributed by atoms with Gasteiger partial charge < -0.3 is 15.6 Å². The Morgan fingerprint density at radius 1 is 1.38 bits per heavy atom. The van der Waals surface area contributed by atoms with Gasteiger partial charge in [0, 0.05) is 12.6 Å². The molecule has 1 amide bonds. The molecule has 0 unspecified atom stereocenters. The van der Waals surface area contributed by atoms with Crippen molar-refractivity contribution >= 4 is 28.2 Å². The van der Waals surface area contributed by atoms with E-state index in [9.17, 15) is 18.0 Å². The topological polar surface area (TPSA) is 136 Å². The first-order valence-electron chi connectivity index (χ1n) is 5.74. The van der Waals surface area contributed by atoms with E-state index < -0.39 is 22.1 Å². The molecule has 0 bridgehead atoms. The number of carboxylic acid groups (broad SMARTS) is 1. The van der Waals surface area contributed by atoms with E-state index in [1.54, 1.807) is 6.07 Å². The number of hydrogen-bond acceptors (Lipinski definition) is 5. The molecule has 0 fully saturated rings. The lowest BCUT2D eigenvalue weighted by atomic mass is 10.2. The standard InChI is InChI=1S/C12H14N2O6S/c13-12(17)20-7-6-14-21(18,19)10-3-1-2-9(8-10)4-5-11(15)16/h1-5,8,14H,6-7H2,(H2,13,17)(H,15,16)/b5-4+. The number of carbonyl (C=O) groups is 2. The number of carboxylic acids is 1. The SMILES string of the molecule is NC(=O)OCCNS(=O)(=O)c1cccc(/C=C/C(=O)O)c1. The van der Waals surface area contributed by atoms with Crippen molar-refractivity contribution in [2.75, 3.05) is 13.2 Å². The van der Waals surface area contributed by atoms with Crippen LogP contribution in [0.3, 0.4) is 0 Å². The average Bonchev–Trinajstić information content (AvgIpc) is 2.41. The van der Waals surface area contributed by atoms with Crippen molar-refractivity contribution < 1.29 is 27.9 Å².